The molecule has 0 saturated heterocycles. The lowest BCUT2D eigenvalue weighted by atomic mass is 9.87. The van der Waals surface area contributed by atoms with Crippen LogP contribution >= 0.6 is 0 Å². The number of aliphatic hydroxyl groups is 1. The first kappa shape index (κ1) is 10.7. The van der Waals surface area contributed by atoms with Gasteiger partial charge in [0.2, 0.25) is 0 Å². The minimum atomic E-state index is -1.43. The van der Waals surface area contributed by atoms with Crippen LogP contribution in [0.5, 0.6) is 0 Å². The molecule has 0 radical (unpaired) electrons. The van der Waals surface area contributed by atoms with E-state index in [4.69, 9.17) is 10.4 Å². The molecule has 1 fully saturated rings. The summed E-state index contributed by atoms with van der Waals surface area (Å²) in [6.07, 6.45) is -0.208. The largest absolute Gasteiger partial charge is 0.479 e. The minimum absolute atomic E-state index is 0.445. The van der Waals surface area contributed by atoms with Gasteiger partial charge in [0, 0.05) is 5.41 Å². The van der Waals surface area contributed by atoms with Gasteiger partial charge in [-0.05, 0) is 24.5 Å². The molecule has 1 aliphatic rings. The molecule has 2 N–H and O–H groups in total. The summed E-state index contributed by atoms with van der Waals surface area (Å²) in [6, 6.07) is 8.88. The molecule has 82 valence electrons. The lowest BCUT2D eigenvalue weighted by molar-refractivity contribution is -0.148. The number of carbonyl (C=O) groups is 1. The number of aliphatic carboxylic acids is 1. The van der Waals surface area contributed by atoms with Gasteiger partial charge in [0.05, 0.1) is 11.6 Å². The molecule has 2 rings (SSSR count). The maximum absolute atomic E-state index is 10.8. The fourth-order valence-corrected chi connectivity index (χ4v) is 2.08. The Bertz CT molecular complexity index is 471. The van der Waals surface area contributed by atoms with Gasteiger partial charge in [-0.15, -0.1) is 0 Å². The fourth-order valence-electron chi connectivity index (χ4n) is 2.08. The van der Waals surface area contributed by atoms with Crippen LogP contribution in [0.15, 0.2) is 24.3 Å². The highest BCUT2D eigenvalue weighted by Gasteiger charge is 2.54. The van der Waals surface area contributed by atoms with Crippen LogP contribution in [-0.4, -0.2) is 22.3 Å². The molecular weight excluding hydrogens is 206 g/mol. The number of carboxylic acids is 1. The van der Waals surface area contributed by atoms with Gasteiger partial charge in [-0.25, -0.2) is 4.79 Å². The minimum Gasteiger partial charge on any atom is -0.479 e. The fraction of sp³-hybridized carbons (Fsp3) is 0.333. The standard InChI is InChI=1S/C12H11NO3/c13-7-8-3-1-2-4-9(8)12(5-6-12)10(14)11(15)16/h1-4,10,14H,5-6H2,(H,15,16). The Morgan fingerprint density at radius 3 is 2.56 bits per heavy atom. The monoisotopic (exact) mass is 217 g/mol. The van der Waals surface area contributed by atoms with Crippen molar-refractivity contribution in [2.75, 3.05) is 0 Å². The maximum Gasteiger partial charge on any atom is 0.333 e. The number of rotatable bonds is 3. The van der Waals surface area contributed by atoms with Gasteiger partial charge in [-0.1, -0.05) is 18.2 Å². The molecule has 0 heterocycles. The Hall–Kier alpha value is -1.86. The Morgan fingerprint density at radius 2 is 2.06 bits per heavy atom. The van der Waals surface area contributed by atoms with Gasteiger partial charge in [0.15, 0.2) is 6.10 Å². The summed E-state index contributed by atoms with van der Waals surface area (Å²) >= 11 is 0. The molecule has 1 atom stereocenters. The van der Waals surface area contributed by atoms with Crippen LogP contribution in [0, 0.1) is 11.3 Å². The van der Waals surface area contributed by atoms with Crippen molar-refractivity contribution in [3.63, 3.8) is 0 Å². The molecule has 0 amide bonds. The van der Waals surface area contributed by atoms with Crippen LogP contribution in [-0.2, 0) is 10.2 Å². The summed E-state index contributed by atoms with van der Waals surface area (Å²) < 4.78 is 0. The third kappa shape index (κ3) is 1.46. The van der Waals surface area contributed by atoms with Crippen molar-refractivity contribution in [2.24, 2.45) is 0 Å². The van der Waals surface area contributed by atoms with E-state index in [1.54, 1.807) is 24.3 Å². The van der Waals surface area contributed by atoms with Gasteiger partial charge >= 0.3 is 5.97 Å². The molecule has 0 spiro atoms. The number of benzene rings is 1. The van der Waals surface area contributed by atoms with Crippen molar-refractivity contribution < 1.29 is 15.0 Å². The smallest absolute Gasteiger partial charge is 0.333 e. The molecule has 1 unspecified atom stereocenters. The van der Waals surface area contributed by atoms with E-state index >= 15 is 0 Å². The number of nitriles is 1. The molecule has 4 heteroatoms. The first-order valence-electron chi connectivity index (χ1n) is 5.02. The molecule has 1 saturated carbocycles. The van der Waals surface area contributed by atoms with Crippen LogP contribution in [0.25, 0.3) is 0 Å². The van der Waals surface area contributed by atoms with Gasteiger partial charge in [0.25, 0.3) is 0 Å². The molecule has 1 aromatic carbocycles. The van der Waals surface area contributed by atoms with E-state index in [0.29, 0.717) is 24.0 Å². The third-order valence-electron chi connectivity index (χ3n) is 3.13. The van der Waals surface area contributed by atoms with Crippen LogP contribution in [0.1, 0.15) is 24.0 Å². The van der Waals surface area contributed by atoms with Crippen LogP contribution < -0.4 is 0 Å². The first-order valence-corrected chi connectivity index (χ1v) is 5.02. The summed E-state index contributed by atoms with van der Waals surface area (Å²) in [5, 5.41) is 27.5. The first-order chi connectivity index (χ1) is 7.62. The highest BCUT2D eigenvalue weighted by Crippen LogP contribution is 2.52. The summed E-state index contributed by atoms with van der Waals surface area (Å²) in [5.74, 6) is -1.23. The average Bonchev–Trinajstić information content (AvgIpc) is 3.09. The molecule has 0 bridgehead atoms. The average molecular weight is 217 g/mol. The molecular formula is C12H11NO3. The predicted octanol–water partition coefficient (Wildman–Crippen LogP) is 1.04. The van der Waals surface area contributed by atoms with E-state index < -0.39 is 17.5 Å². The van der Waals surface area contributed by atoms with Gasteiger partial charge in [-0.2, -0.15) is 5.26 Å². The molecule has 16 heavy (non-hydrogen) atoms. The number of hydrogen-bond acceptors (Lipinski definition) is 3. The molecule has 0 aromatic heterocycles. The second-order valence-electron chi connectivity index (χ2n) is 4.05. The number of hydrogen-bond donors (Lipinski definition) is 2. The molecule has 4 nitrogen and oxygen atoms in total. The van der Waals surface area contributed by atoms with Crippen molar-refractivity contribution in [2.45, 2.75) is 24.4 Å². The maximum atomic E-state index is 10.8. The zero-order chi connectivity index (χ0) is 11.8. The van der Waals surface area contributed by atoms with Gasteiger partial charge < -0.3 is 10.2 Å². The zero-order valence-corrected chi connectivity index (χ0v) is 8.55. The predicted molar refractivity (Wildman–Crippen MR) is 55.7 cm³/mol. The Labute approximate surface area is 92.8 Å². The second kappa shape index (κ2) is 3.62. The highest BCUT2D eigenvalue weighted by molar-refractivity contribution is 5.76. The summed E-state index contributed by atoms with van der Waals surface area (Å²) in [7, 11) is 0. The number of carboxylic acid groups (broad SMARTS) is 1. The zero-order valence-electron chi connectivity index (χ0n) is 8.55. The third-order valence-corrected chi connectivity index (χ3v) is 3.13. The number of nitrogens with zero attached hydrogens (tertiary/aromatic N) is 1. The summed E-state index contributed by atoms with van der Waals surface area (Å²) in [5.41, 5.74) is 0.339. The molecule has 1 aliphatic carbocycles. The Morgan fingerprint density at radius 1 is 1.44 bits per heavy atom. The normalized spacial score (nSPS) is 18.5. The van der Waals surface area contributed by atoms with Crippen LogP contribution in [0.3, 0.4) is 0 Å². The van der Waals surface area contributed by atoms with Crippen molar-refractivity contribution >= 4 is 5.97 Å². The number of aliphatic hydroxyl groups excluding tert-OH is 1. The summed E-state index contributed by atoms with van der Waals surface area (Å²) in [6.45, 7) is 0. The lowest BCUT2D eigenvalue weighted by Crippen LogP contribution is -2.34. The van der Waals surface area contributed by atoms with E-state index in [9.17, 15) is 9.90 Å². The van der Waals surface area contributed by atoms with E-state index in [2.05, 4.69) is 0 Å². The van der Waals surface area contributed by atoms with E-state index in [-0.39, 0.29) is 0 Å². The van der Waals surface area contributed by atoms with E-state index in [1.807, 2.05) is 6.07 Å². The van der Waals surface area contributed by atoms with Crippen LogP contribution in [0.4, 0.5) is 0 Å². The molecule has 1 aromatic rings. The highest BCUT2D eigenvalue weighted by atomic mass is 16.4. The van der Waals surface area contributed by atoms with Crippen molar-refractivity contribution in [1.82, 2.24) is 0 Å². The Balaban J connectivity index is 2.45. The van der Waals surface area contributed by atoms with Crippen molar-refractivity contribution in [3.05, 3.63) is 35.4 Å². The van der Waals surface area contributed by atoms with Crippen LogP contribution in [0.2, 0.25) is 0 Å². The van der Waals surface area contributed by atoms with Crippen molar-refractivity contribution in [3.8, 4) is 6.07 Å². The quantitative estimate of drug-likeness (QED) is 0.792. The summed E-state index contributed by atoms with van der Waals surface area (Å²) in [4.78, 5) is 10.8. The van der Waals surface area contributed by atoms with E-state index in [0.717, 1.165) is 0 Å². The second-order valence-corrected chi connectivity index (χ2v) is 4.05. The topological polar surface area (TPSA) is 81.3 Å². The SMILES string of the molecule is N#Cc1ccccc1C1(C(O)C(=O)O)CC1. The Kier molecular flexibility index (Phi) is 2.41. The van der Waals surface area contributed by atoms with E-state index in [1.165, 1.54) is 0 Å². The molecule has 0 aliphatic heterocycles. The van der Waals surface area contributed by atoms with Gasteiger partial charge in [-0.3, -0.25) is 0 Å². The lowest BCUT2D eigenvalue weighted by Gasteiger charge is -2.20. The van der Waals surface area contributed by atoms with Gasteiger partial charge in [0.1, 0.15) is 0 Å². The van der Waals surface area contributed by atoms with Crippen molar-refractivity contribution in [1.29, 1.82) is 5.26 Å².